The van der Waals surface area contributed by atoms with Crippen LogP contribution >= 0.6 is 25.3 Å². The van der Waals surface area contributed by atoms with Gasteiger partial charge in [0.05, 0.1) is 16.7 Å². The molecule has 0 aliphatic heterocycles. The lowest BCUT2D eigenvalue weighted by molar-refractivity contribution is -0.139. The Morgan fingerprint density at radius 2 is 1.28 bits per heavy atom. The van der Waals surface area contributed by atoms with Gasteiger partial charge in [-0.2, -0.15) is 26.3 Å². The van der Waals surface area contributed by atoms with Gasteiger partial charge in [-0.1, -0.05) is 0 Å². The van der Waals surface area contributed by atoms with Gasteiger partial charge in [-0.15, -0.1) is 25.3 Å². The van der Waals surface area contributed by atoms with Crippen LogP contribution in [0.1, 0.15) is 48.9 Å². The molecule has 0 saturated heterocycles. The number of carbonyl (C=O) groups is 2. The van der Waals surface area contributed by atoms with E-state index in [9.17, 15) is 35.9 Å². The second kappa shape index (κ2) is 9.16. The molecule has 2 heterocycles. The van der Waals surface area contributed by atoms with E-state index in [4.69, 9.17) is 0 Å². The molecule has 0 radical (unpaired) electrons. The lowest BCUT2D eigenvalue weighted by Crippen LogP contribution is -2.12. The molecule has 0 aromatic carbocycles. The summed E-state index contributed by atoms with van der Waals surface area (Å²) in [5, 5.41) is -1.45. The molecule has 29 heavy (non-hydrogen) atoms. The molecule has 0 N–H and O–H groups in total. The van der Waals surface area contributed by atoms with Gasteiger partial charge in [-0.3, -0.25) is 19.6 Å². The van der Waals surface area contributed by atoms with Crippen LogP contribution < -0.4 is 0 Å². The Morgan fingerprint density at radius 3 is 1.69 bits per heavy atom. The highest BCUT2D eigenvalue weighted by Gasteiger charge is 2.34. The van der Waals surface area contributed by atoms with Crippen molar-refractivity contribution in [1.82, 2.24) is 9.97 Å². The van der Waals surface area contributed by atoms with E-state index in [2.05, 4.69) is 35.2 Å². The number of thiol groups is 2. The van der Waals surface area contributed by atoms with Gasteiger partial charge in [0.15, 0.2) is 0 Å². The number of hydrogen-bond donors (Lipinski definition) is 2. The Kier molecular flexibility index (Phi) is 7.88. The van der Waals surface area contributed by atoms with Crippen molar-refractivity contribution in [3.63, 3.8) is 0 Å². The SMILES string of the molecule is Cc1nc(C)c(C(F)(F)F)cc1C(=O)S.Cc1ncc(C(=O)S)cc1C(F)(F)F. The third-order valence-electron chi connectivity index (χ3n) is 3.58. The van der Waals surface area contributed by atoms with E-state index in [1.165, 1.54) is 20.8 Å². The minimum atomic E-state index is -4.50. The molecule has 0 saturated carbocycles. The standard InChI is InChI=1S/C9H8F3NOS.C8H6F3NOS/c1-4-6(8(14)15)3-7(5(2)13-4)9(10,11)12;1-4-6(8(9,10)11)2-5(3-12-4)7(13)14/h3H,1-2H3,(H,14,15);2-3H,1H3,(H,13,14). The van der Waals surface area contributed by atoms with Crippen molar-refractivity contribution in [3.8, 4) is 0 Å². The number of alkyl halides is 6. The second-order valence-corrected chi connectivity index (χ2v) is 6.53. The zero-order chi connectivity index (χ0) is 22.7. The Labute approximate surface area is 172 Å². The van der Waals surface area contributed by atoms with E-state index >= 15 is 0 Å². The highest BCUT2D eigenvalue weighted by atomic mass is 32.1. The van der Waals surface area contributed by atoms with E-state index in [-0.39, 0.29) is 28.2 Å². The average Bonchev–Trinajstić information content (AvgIpc) is 2.52. The number of pyridine rings is 2. The topological polar surface area (TPSA) is 59.9 Å². The van der Waals surface area contributed by atoms with E-state index in [1.54, 1.807) is 0 Å². The van der Waals surface area contributed by atoms with Crippen molar-refractivity contribution >= 4 is 35.5 Å². The summed E-state index contributed by atoms with van der Waals surface area (Å²) in [4.78, 5) is 28.8. The van der Waals surface area contributed by atoms with Crippen LogP contribution in [0.3, 0.4) is 0 Å². The molecule has 2 aromatic heterocycles. The molecule has 4 nitrogen and oxygen atoms in total. The summed E-state index contributed by atoms with van der Waals surface area (Å²) in [6.45, 7) is 3.95. The molecule has 0 aliphatic rings. The molecule has 0 atom stereocenters. The van der Waals surface area contributed by atoms with Gasteiger partial charge >= 0.3 is 12.4 Å². The number of aromatic nitrogens is 2. The van der Waals surface area contributed by atoms with Crippen molar-refractivity contribution in [1.29, 1.82) is 0 Å². The van der Waals surface area contributed by atoms with Gasteiger partial charge in [0.25, 0.3) is 0 Å². The van der Waals surface area contributed by atoms with Crippen LogP contribution in [0.25, 0.3) is 0 Å². The van der Waals surface area contributed by atoms with Crippen molar-refractivity contribution in [2.24, 2.45) is 0 Å². The van der Waals surface area contributed by atoms with Gasteiger partial charge in [0.2, 0.25) is 10.2 Å². The third kappa shape index (κ3) is 6.74. The minimum Gasteiger partial charge on any atom is -0.282 e. The zero-order valence-corrected chi connectivity index (χ0v) is 16.9. The second-order valence-electron chi connectivity index (χ2n) is 5.72. The Hall–Kier alpha value is -2.08. The molecule has 12 heteroatoms. The summed E-state index contributed by atoms with van der Waals surface area (Å²) in [5.41, 5.74) is -2.12. The summed E-state index contributed by atoms with van der Waals surface area (Å²) >= 11 is 6.91. The van der Waals surface area contributed by atoms with Crippen LogP contribution in [0.2, 0.25) is 0 Å². The minimum absolute atomic E-state index is 0.115. The Morgan fingerprint density at radius 1 is 0.793 bits per heavy atom. The number of halogens is 6. The normalized spacial score (nSPS) is 11.6. The van der Waals surface area contributed by atoms with Crippen LogP contribution in [-0.4, -0.2) is 20.2 Å². The van der Waals surface area contributed by atoms with Crippen molar-refractivity contribution in [3.05, 3.63) is 57.7 Å². The van der Waals surface area contributed by atoms with E-state index in [0.29, 0.717) is 0 Å². The van der Waals surface area contributed by atoms with E-state index in [1.807, 2.05) is 0 Å². The third-order valence-corrected chi connectivity index (χ3v) is 4.08. The Bertz CT molecular complexity index is 943. The average molecular weight is 456 g/mol. The van der Waals surface area contributed by atoms with Gasteiger partial charge < -0.3 is 0 Å². The molecule has 2 rings (SSSR count). The summed E-state index contributed by atoms with van der Waals surface area (Å²) in [7, 11) is 0. The maximum absolute atomic E-state index is 12.4. The first-order chi connectivity index (χ1) is 13.1. The quantitative estimate of drug-likeness (QED) is 0.478. The van der Waals surface area contributed by atoms with Crippen LogP contribution in [0.4, 0.5) is 26.3 Å². The van der Waals surface area contributed by atoms with E-state index < -0.39 is 33.7 Å². The number of hydrogen-bond acceptors (Lipinski definition) is 4. The van der Waals surface area contributed by atoms with Crippen LogP contribution in [0.15, 0.2) is 18.3 Å². The first-order valence-corrected chi connectivity index (χ1v) is 8.51. The summed E-state index contributed by atoms with van der Waals surface area (Å²) in [5.74, 6) is 0. The number of rotatable bonds is 2. The molecule has 0 spiro atoms. The maximum Gasteiger partial charge on any atom is 0.418 e. The van der Waals surface area contributed by atoms with Gasteiger partial charge in [0, 0.05) is 28.8 Å². The van der Waals surface area contributed by atoms with Gasteiger partial charge in [-0.05, 0) is 32.9 Å². The van der Waals surface area contributed by atoms with Crippen molar-refractivity contribution in [2.45, 2.75) is 33.1 Å². The number of carbonyl (C=O) groups excluding carboxylic acids is 2. The van der Waals surface area contributed by atoms with Crippen molar-refractivity contribution in [2.75, 3.05) is 0 Å². The molecule has 158 valence electrons. The van der Waals surface area contributed by atoms with Gasteiger partial charge in [0.1, 0.15) is 0 Å². The fourth-order valence-electron chi connectivity index (χ4n) is 2.17. The van der Waals surface area contributed by atoms with E-state index in [0.717, 1.165) is 18.3 Å². The predicted octanol–water partition coefficient (Wildman–Crippen LogP) is 5.27. The summed E-state index contributed by atoms with van der Waals surface area (Å²) in [6.07, 6.45) is -7.92. The zero-order valence-electron chi connectivity index (χ0n) is 15.1. The monoisotopic (exact) mass is 456 g/mol. The highest BCUT2D eigenvalue weighted by Crippen LogP contribution is 2.33. The first-order valence-electron chi connectivity index (χ1n) is 7.61. The fraction of sp³-hybridized carbons (Fsp3) is 0.294. The predicted molar refractivity (Wildman–Crippen MR) is 99.3 cm³/mol. The summed E-state index contributed by atoms with van der Waals surface area (Å²) < 4.78 is 74.3. The van der Waals surface area contributed by atoms with Crippen LogP contribution in [0.5, 0.6) is 0 Å². The molecule has 0 amide bonds. The lowest BCUT2D eigenvalue weighted by atomic mass is 10.1. The number of aryl methyl sites for hydroxylation is 3. The molecule has 2 aromatic rings. The molecular weight excluding hydrogens is 442 g/mol. The largest absolute Gasteiger partial charge is 0.418 e. The fourth-order valence-corrected chi connectivity index (χ4v) is 2.51. The molecule has 0 fully saturated rings. The van der Waals surface area contributed by atoms with Gasteiger partial charge in [-0.25, -0.2) is 0 Å². The van der Waals surface area contributed by atoms with Crippen molar-refractivity contribution < 1.29 is 35.9 Å². The Balaban J connectivity index is 0.000000291. The van der Waals surface area contributed by atoms with Crippen LogP contribution in [-0.2, 0) is 12.4 Å². The summed E-state index contributed by atoms with van der Waals surface area (Å²) in [6, 6.07) is 1.53. The number of nitrogens with zero attached hydrogens (tertiary/aromatic N) is 2. The first kappa shape index (κ1) is 25.0. The smallest absolute Gasteiger partial charge is 0.282 e. The lowest BCUT2D eigenvalue weighted by Gasteiger charge is -2.11. The molecular formula is C17H14F6N2O2S2. The molecule has 0 aliphatic carbocycles. The maximum atomic E-state index is 12.4. The highest BCUT2D eigenvalue weighted by molar-refractivity contribution is 7.97. The molecule has 0 unspecified atom stereocenters. The molecule has 0 bridgehead atoms. The van der Waals surface area contributed by atoms with Crippen LogP contribution in [0, 0.1) is 20.8 Å².